The molecule has 0 aliphatic carbocycles. The molecular formula is C25H29ClN4O3. The Morgan fingerprint density at radius 1 is 1.15 bits per heavy atom. The first kappa shape index (κ1) is 24.5. The molecule has 33 heavy (non-hydrogen) atoms. The number of nitrogens with one attached hydrogen (secondary N) is 1. The minimum absolute atomic E-state index is 0.206. The summed E-state index contributed by atoms with van der Waals surface area (Å²) in [4.78, 5) is 27.7. The van der Waals surface area contributed by atoms with Crippen LogP contribution < -0.4 is 11.1 Å². The van der Waals surface area contributed by atoms with E-state index in [9.17, 15) is 9.59 Å². The molecule has 0 bridgehead atoms. The Bertz CT molecular complexity index is 1120. The highest BCUT2D eigenvalue weighted by Gasteiger charge is 2.29. The van der Waals surface area contributed by atoms with E-state index >= 15 is 0 Å². The second kappa shape index (κ2) is 10.2. The summed E-state index contributed by atoms with van der Waals surface area (Å²) in [7, 11) is 0. The largest absolute Gasteiger partial charge is 0.361 e. The SMILES string of the molecule is Cc1noc(C)c1C(=O)N(Cc1cc(NC(=O)c2ccccc2)ccc1Cl)CC(C)(C)CN. The number of nitrogens with two attached hydrogens (primary N) is 1. The number of aromatic nitrogens is 1. The van der Waals surface area contributed by atoms with Crippen molar-refractivity contribution in [2.75, 3.05) is 18.4 Å². The molecule has 0 aliphatic rings. The van der Waals surface area contributed by atoms with Crippen LogP contribution in [-0.4, -0.2) is 35.0 Å². The van der Waals surface area contributed by atoms with Crippen molar-refractivity contribution in [3.63, 3.8) is 0 Å². The van der Waals surface area contributed by atoms with E-state index < -0.39 is 0 Å². The third kappa shape index (κ3) is 6.00. The zero-order valence-corrected chi connectivity index (χ0v) is 20.1. The van der Waals surface area contributed by atoms with E-state index in [4.69, 9.17) is 21.9 Å². The van der Waals surface area contributed by atoms with Gasteiger partial charge in [0.1, 0.15) is 11.3 Å². The van der Waals surface area contributed by atoms with Crippen molar-refractivity contribution < 1.29 is 14.1 Å². The molecule has 0 spiro atoms. The molecule has 7 nitrogen and oxygen atoms in total. The number of carbonyl (C=O) groups is 2. The van der Waals surface area contributed by atoms with Crippen molar-refractivity contribution in [3.05, 3.63) is 81.7 Å². The van der Waals surface area contributed by atoms with Crippen molar-refractivity contribution in [2.45, 2.75) is 34.2 Å². The molecule has 3 N–H and O–H groups in total. The third-order valence-corrected chi connectivity index (χ3v) is 5.78. The minimum Gasteiger partial charge on any atom is -0.361 e. The lowest BCUT2D eigenvalue weighted by atomic mass is 9.92. The monoisotopic (exact) mass is 468 g/mol. The number of halogens is 1. The number of benzene rings is 2. The first-order valence-electron chi connectivity index (χ1n) is 10.7. The quantitative estimate of drug-likeness (QED) is 0.493. The molecule has 0 unspecified atom stereocenters. The average Bonchev–Trinajstić information content (AvgIpc) is 3.13. The molecule has 0 saturated heterocycles. The lowest BCUT2D eigenvalue weighted by molar-refractivity contribution is 0.0670. The summed E-state index contributed by atoms with van der Waals surface area (Å²) in [6, 6.07) is 14.2. The second-order valence-corrected chi connectivity index (χ2v) is 9.26. The third-order valence-electron chi connectivity index (χ3n) is 5.41. The van der Waals surface area contributed by atoms with Gasteiger partial charge in [0.05, 0.1) is 5.69 Å². The van der Waals surface area contributed by atoms with Gasteiger partial charge in [-0.3, -0.25) is 9.59 Å². The van der Waals surface area contributed by atoms with Crippen LogP contribution >= 0.6 is 11.6 Å². The van der Waals surface area contributed by atoms with Crippen LogP contribution in [0.5, 0.6) is 0 Å². The standard InChI is InChI=1S/C25H29ClN4O3/c1-16-22(17(2)33-29-16)24(32)30(15-25(3,4)14-27)13-19-12-20(10-11-21(19)26)28-23(31)18-8-6-5-7-9-18/h5-12H,13-15,27H2,1-4H3,(H,28,31). The number of hydrogen-bond donors (Lipinski definition) is 2. The molecule has 1 aromatic heterocycles. The Morgan fingerprint density at radius 2 is 1.85 bits per heavy atom. The fourth-order valence-corrected chi connectivity index (χ4v) is 3.68. The summed E-state index contributed by atoms with van der Waals surface area (Å²) in [5, 5.41) is 7.30. The molecule has 0 aliphatic heterocycles. The number of amides is 2. The Labute approximate surface area is 198 Å². The van der Waals surface area contributed by atoms with Crippen LogP contribution in [0.1, 0.15) is 51.6 Å². The maximum Gasteiger partial charge on any atom is 0.259 e. The Hall–Kier alpha value is -3.16. The van der Waals surface area contributed by atoms with Gasteiger partial charge in [-0.15, -0.1) is 0 Å². The van der Waals surface area contributed by atoms with Crippen molar-refractivity contribution in [2.24, 2.45) is 11.1 Å². The van der Waals surface area contributed by atoms with Gasteiger partial charge in [0.25, 0.3) is 11.8 Å². The van der Waals surface area contributed by atoms with Gasteiger partial charge in [-0.1, -0.05) is 48.8 Å². The number of anilines is 1. The Balaban J connectivity index is 1.89. The van der Waals surface area contributed by atoms with Gasteiger partial charge in [0, 0.05) is 29.4 Å². The minimum atomic E-state index is -0.319. The van der Waals surface area contributed by atoms with E-state index in [1.807, 2.05) is 19.9 Å². The summed E-state index contributed by atoms with van der Waals surface area (Å²) < 4.78 is 5.21. The predicted octanol–water partition coefficient (Wildman–Crippen LogP) is 4.82. The van der Waals surface area contributed by atoms with Crippen molar-refractivity contribution in [1.82, 2.24) is 10.1 Å². The topological polar surface area (TPSA) is 101 Å². The van der Waals surface area contributed by atoms with Crippen molar-refractivity contribution >= 4 is 29.1 Å². The van der Waals surface area contributed by atoms with Gasteiger partial charge in [-0.25, -0.2) is 0 Å². The molecule has 0 saturated carbocycles. The summed E-state index contributed by atoms with van der Waals surface area (Å²) >= 11 is 6.48. The number of carbonyl (C=O) groups excluding carboxylic acids is 2. The van der Waals surface area contributed by atoms with Gasteiger partial charge < -0.3 is 20.5 Å². The van der Waals surface area contributed by atoms with E-state index in [1.165, 1.54) is 0 Å². The highest BCUT2D eigenvalue weighted by molar-refractivity contribution is 6.31. The molecule has 3 aromatic rings. The van der Waals surface area contributed by atoms with E-state index in [-0.39, 0.29) is 23.8 Å². The van der Waals surface area contributed by atoms with Crippen molar-refractivity contribution in [1.29, 1.82) is 0 Å². The number of nitrogens with zero attached hydrogens (tertiary/aromatic N) is 2. The van der Waals surface area contributed by atoms with Crippen LogP contribution in [0.15, 0.2) is 53.1 Å². The van der Waals surface area contributed by atoms with Crippen LogP contribution in [0.4, 0.5) is 5.69 Å². The number of aryl methyl sites for hydroxylation is 2. The van der Waals surface area contributed by atoms with Gasteiger partial charge >= 0.3 is 0 Å². The van der Waals surface area contributed by atoms with E-state index in [1.54, 1.807) is 61.2 Å². The maximum absolute atomic E-state index is 13.5. The summed E-state index contributed by atoms with van der Waals surface area (Å²) in [6.45, 7) is 8.50. The highest BCUT2D eigenvalue weighted by atomic mass is 35.5. The second-order valence-electron chi connectivity index (χ2n) is 8.86. The fourth-order valence-electron chi connectivity index (χ4n) is 3.50. The first-order valence-corrected chi connectivity index (χ1v) is 11.1. The fraction of sp³-hybridized carbons (Fsp3) is 0.320. The lowest BCUT2D eigenvalue weighted by Gasteiger charge is -2.32. The molecule has 174 valence electrons. The molecule has 0 radical (unpaired) electrons. The zero-order valence-electron chi connectivity index (χ0n) is 19.3. The summed E-state index contributed by atoms with van der Waals surface area (Å²) in [6.07, 6.45) is 0. The molecular weight excluding hydrogens is 440 g/mol. The zero-order chi connectivity index (χ0) is 24.2. The smallest absolute Gasteiger partial charge is 0.259 e. The molecule has 1 heterocycles. The molecule has 8 heteroatoms. The number of hydrogen-bond acceptors (Lipinski definition) is 5. The van der Waals surface area contributed by atoms with Gasteiger partial charge in [0.2, 0.25) is 0 Å². The normalized spacial score (nSPS) is 11.3. The van der Waals surface area contributed by atoms with E-state index in [0.29, 0.717) is 51.9 Å². The van der Waals surface area contributed by atoms with Crippen LogP contribution in [0, 0.1) is 19.3 Å². The van der Waals surface area contributed by atoms with Crippen molar-refractivity contribution in [3.8, 4) is 0 Å². The van der Waals surface area contributed by atoms with Crippen LogP contribution in [0.3, 0.4) is 0 Å². The average molecular weight is 469 g/mol. The Morgan fingerprint density at radius 3 is 2.45 bits per heavy atom. The lowest BCUT2D eigenvalue weighted by Crippen LogP contribution is -2.42. The molecule has 2 aromatic carbocycles. The Kier molecular flexibility index (Phi) is 7.56. The summed E-state index contributed by atoms with van der Waals surface area (Å²) in [5.74, 6) is 0.0300. The number of rotatable bonds is 8. The molecule has 0 fully saturated rings. The van der Waals surface area contributed by atoms with Gasteiger partial charge in [-0.05, 0) is 61.7 Å². The predicted molar refractivity (Wildman–Crippen MR) is 129 cm³/mol. The highest BCUT2D eigenvalue weighted by Crippen LogP contribution is 2.27. The maximum atomic E-state index is 13.5. The first-order chi connectivity index (χ1) is 15.6. The van der Waals surface area contributed by atoms with Crippen LogP contribution in [0.2, 0.25) is 5.02 Å². The van der Waals surface area contributed by atoms with Crippen LogP contribution in [0.25, 0.3) is 0 Å². The molecule has 0 atom stereocenters. The van der Waals surface area contributed by atoms with Gasteiger partial charge in [-0.2, -0.15) is 0 Å². The van der Waals surface area contributed by atoms with E-state index in [0.717, 1.165) is 0 Å². The van der Waals surface area contributed by atoms with Gasteiger partial charge in [0.15, 0.2) is 0 Å². The molecule has 3 rings (SSSR count). The summed E-state index contributed by atoms with van der Waals surface area (Å²) in [5.41, 5.74) is 8.44. The van der Waals surface area contributed by atoms with Crippen LogP contribution in [-0.2, 0) is 6.54 Å². The van der Waals surface area contributed by atoms with E-state index in [2.05, 4.69) is 10.5 Å². The molecule has 2 amide bonds.